The lowest BCUT2D eigenvalue weighted by Gasteiger charge is -2.25. The number of carbonyl (C=O) groups is 3. The molecule has 1 saturated heterocycles. The van der Waals surface area contributed by atoms with Gasteiger partial charge in [-0.25, -0.2) is 4.79 Å². The van der Waals surface area contributed by atoms with Crippen LogP contribution in [0.25, 0.3) is 0 Å². The third-order valence-corrected chi connectivity index (χ3v) is 4.16. The number of benzene rings is 1. The number of nitrogens with zero attached hydrogens (tertiary/aromatic N) is 1. The summed E-state index contributed by atoms with van der Waals surface area (Å²) in [5, 5.41) is 3.26. The molecular formula is C17H16N4O4. The van der Waals surface area contributed by atoms with E-state index in [-0.39, 0.29) is 5.56 Å². The van der Waals surface area contributed by atoms with Gasteiger partial charge in [0.2, 0.25) is 0 Å². The number of hydrogen-bond acceptors (Lipinski definition) is 4. The van der Waals surface area contributed by atoms with Crippen molar-refractivity contribution in [1.82, 2.24) is 20.7 Å². The molecule has 3 rings (SSSR count). The molecular weight excluding hydrogens is 324 g/mol. The highest BCUT2D eigenvalue weighted by Crippen LogP contribution is 2.31. The molecule has 4 amide bonds. The molecule has 0 bridgehead atoms. The second-order valence-corrected chi connectivity index (χ2v) is 5.55. The second kappa shape index (κ2) is 6.23. The lowest BCUT2D eigenvalue weighted by molar-refractivity contribution is -0.133. The van der Waals surface area contributed by atoms with E-state index in [0.29, 0.717) is 17.0 Å². The number of hydrogen-bond donors (Lipinski definition) is 3. The Balaban J connectivity index is 1.90. The maximum absolute atomic E-state index is 12.9. The van der Waals surface area contributed by atoms with Crippen LogP contribution < -0.4 is 16.3 Å². The third-order valence-electron chi connectivity index (χ3n) is 4.16. The van der Waals surface area contributed by atoms with Crippen LogP contribution in [0, 0.1) is 0 Å². The summed E-state index contributed by atoms with van der Waals surface area (Å²) in [4.78, 5) is 51.4. The SMILES string of the molecule is CC[C@@]1(c2ccccc2)NC(=O)N(NC(=O)c2ccc[nH]c2=O)C1=O. The molecule has 1 aliphatic heterocycles. The first-order valence-corrected chi connectivity index (χ1v) is 7.70. The number of hydrazine groups is 1. The smallest absolute Gasteiger partial charge is 0.328 e. The molecule has 0 unspecified atom stereocenters. The summed E-state index contributed by atoms with van der Waals surface area (Å²) in [5.41, 5.74) is 0.756. The Bertz CT molecular complexity index is 893. The van der Waals surface area contributed by atoms with E-state index in [1.54, 1.807) is 37.3 Å². The molecule has 0 aliphatic carbocycles. The maximum Gasteiger partial charge on any atom is 0.344 e. The fourth-order valence-corrected chi connectivity index (χ4v) is 2.80. The maximum atomic E-state index is 12.9. The summed E-state index contributed by atoms with van der Waals surface area (Å²) in [6.07, 6.45) is 1.68. The molecule has 0 radical (unpaired) electrons. The summed E-state index contributed by atoms with van der Waals surface area (Å²) in [7, 11) is 0. The number of rotatable bonds is 4. The Morgan fingerprint density at radius 3 is 2.48 bits per heavy atom. The number of aromatic nitrogens is 1. The molecule has 2 aromatic rings. The van der Waals surface area contributed by atoms with Crippen molar-refractivity contribution >= 4 is 17.8 Å². The lowest BCUT2D eigenvalue weighted by Crippen LogP contribution is -2.49. The van der Waals surface area contributed by atoms with E-state index in [2.05, 4.69) is 15.7 Å². The number of urea groups is 1. The van der Waals surface area contributed by atoms with Crippen LogP contribution in [-0.2, 0) is 10.3 Å². The molecule has 0 spiro atoms. The first-order valence-electron chi connectivity index (χ1n) is 7.70. The Labute approximate surface area is 142 Å². The Morgan fingerprint density at radius 2 is 1.84 bits per heavy atom. The van der Waals surface area contributed by atoms with Crippen LogP contribution in [0.5, 0.6) is 0 Å². The van der Waals surface area contributed by atoms with E-state index < -0.39 is 28.9 Å². The largest absolute Gasteiger partial charge is 0.344 e. The topological polar surface area (TPSA) is 111 Å². The summed E-state index contributed by atoms with van der Waals surface area (Å²) >= 11 is 0. The molecule has 128 valence electrons. The molecule has 8 nitrogen and oxygen atoms in total. The normalized spacial score (nSPS) is 19.6. The van der Waals surface area contributed by atoms with Crippen molar-refractivity contribution in [3.05, 3.63) is 70.1 Å². The fourth-order valence-electron chi connectivity index (χ4n) is 2.80. The van der Waals surface area contributed by atoms with E-state index in [0.717, 1.165) is 0 Å². The number of imide groups is 1. The van der Waals surface area contributed by atoms with Crippen molar-refractivity contribution in [3.8, 4) is 0 Å². The summed E-state index contributed by atoms with van der Waals surface area (Å²) < 4.78 is 0. The van der Waals surface area contributed by atoms with Crippen molar-refractivity contribution < 1.29 is 14.4 Å². The van der Waals surface area contributed by atoms with Crippen molar-refractivity contribution in [2.24, 2.45) is 0 Å². The van der Waals surface area contributed by atoms with Crippen LogP contribution in [0.3, 0.4) is 0 Å². The van der Waals surface area contributed by atoms with Crippen molar-refractivity contribution in [2.75, 3.05) is 0 Å². The molecule has 1 aliphatic rings. The summed E-state index contributed by atoms with van der Waals surface area (Å²) in [6, 6.07) is 10.8. The minimum absolute atomic E-state index is 0.197. The molecule has 3 N–H and O–H groups in total. The van der Waals surface area contributed by atoms with E-state index in [4.69, 9.17) is 0 Å². The number of nitrogens with one attached hydrogen (secondary N) is 3. The van der Waals surface area contributed by atoms with Crippen molar-refractivity contribution in [1.29, 1.82) is 0 Å². The first kappa shape index (κ1) is 16.4. The van der Waals surface area contributed by atoms with Crippen LogP contribution in [0.2, 0.25) is 0 Å². The summed E-state index contributed by atoms with van der Waals surface area (Å²) in [5.74, 6) is -1.45. The first-order chi connectivity index (χ1) is 12.0. The van der Waals surface area contributed by atoms with Gasteiger partial charge in [0.1, 0.15) is 11.1 Å². The molecule has 0 saturated carbocycles. The number of H-pyrrole nitrogens is 1. The molecule has 1 atom stereocenters. The van der Waals surface area contributed by atoms with Gasteiger partial charge in [0.25, 0.3) is 17.4 Å². The van der Waals surface area contributed by atoms with Gasteiger partial charge >= 0.3 is 6.03 Å². The average Bonchev–Trinajstić information content (AvgIpc) is 2.88. The molecule has 1 aromatic carbocycles. The molecule has 2 heterocycles. The van der Waals surface area contributed by atoms with Gasteiger partial charge in [0, 0.05) is 6.20 Å². The third kappa shape index (κ3) is 2.67. The van der Waals surface area contributed by atoms with Crippen LogP contribution in [0.15, 0.2) is 53.5 Å². The highest BCUT2D eigenvalue weighted by atomic mass is 16.2. The van der Waals surface area contributed by atoms with Crippen LogP contribution in [-0.4, -0.2) is 27.8 Å². The van der Waals surface area contributed by atoms with Gasteiger partial charge < -0.3 is 10.3 Å². The standard InChI is InChI=1S/C17H16N4O4/c1-2-17(11-7-4-3-5-8-11)15(24)21(16(25)19-17)20-14(23)12-9-6-10-18-13(12)22/h3-10H,2H2,1H3,(H,18,22)(H,19,25)(H,20,23)/t17-/m0/s1. The number of carbonyl (C=O) groups excluding carboxylic acids is 3. The van der Waals surface area contributed by atoms with Crippen LogP contribution in [0.1, 0.15) is 29.3 Å². The van der Waals surface area contributed by atoms with Crippen molar-refractivity contribution in [2.45, 2.75) is 18.9 Å². The fraction of sp³-hybridized carbons (Fsp3) is 0.176. The minimum atomic E-state index is -1.26. The van der Waals surface area contributed by atoms with E-state index >= 15 is 0 Å². The van der Waals surface area contributed by atoms with E-state index in [1.807, 2.05) is 0 Å². The molecule has 25 heavy (non-hydrogen) atoms. The van der Waals surface area contributed by atoms with Gasteiger partial charge in [-0.15, -0.1) is 0 Å². The molecule has 1 aromatic heterocycles. The molecule has 1 fully saturated rings. The quantitative estimate of drug-likeness (QED) is 0.717. The Morgan fingerprint density at radius 1 is 1.12 bits per heavy atom. The Kier molecular flexibility index (Phi) is 4.10. The molecule has 8 heteroatoms. The lowest BCUT2D eigenvalue weighted by atomic mass is 9.87. The monoisotopic (exact) mass is 340 g/mol. The zero-order valence-corrected chi connectivity index (χ0v) is 13.4. The predicted octanol–water partition coefficient (Wildman–Crippen LogP) is 0.877. The van der Waals surface area contributed by atoms with Gasteiger partial charge in [-0.2, -0.15) is 5.01 Å². The van der Waals surface area contributed by atoms with Crippen molar-refractivity contribution in [3.63, 3.8) is 0 Å². The number of amides is 4. The highest BCUT2D eigenvalue weighted by molar-refractivity contribution is 6.09. The minimum Gasteiger partial charge on any atom is -0.328 e. The van der Waals surface area contributed by atoms with E-state index in [1.165, 1.54) is 18.3 Å². The zero-order valence-electron chi connectivity index (χ0n) is 13.4. The van der Waals surface area contributed by atoms with Gasteiger partial charge in [-0.1, -0.05) is 37.3 Å². The second-order valence-electron chi connectivity index (χ2n) is 5.55. The van der Waals surface area contributed by atoms with Gasteiger partial charge in [0.05, 0.1) is 0 Å². The van der Waals surface area contributed by atoms with Crippen LogP contribution in [0.4, 0.5) is 4.79 Å². The Hall–Kier alpha value is -3.42. The number of aromatic amines is 1. The van der Waals surface area contributed by atoms with E-state index in [9.17, 15) is 19.2 Å². The predicted molar refractivity (Wildman–Crippen MR) is 88.3 cm³/mol. The van der Waals surface area contributed by atoms with Crippen LogP contribution >= 0.6 is 0 Å². The van der Waals surface area contributed by atoms with Gasteiger partial charge in [-0.05, 0) is 24.1 Å². The number of pyridine rings is 1. The zero-order chi connectivity index (χ0) is 18.0. The van der Waals surface area contributed by atoms with Gasteiger partial charge in [0.15, 0.2) is 0 Å². The highest BCUT2D eigenvalue weighted by Gasteiger charge is 2.52. The average molecular weight is 340 g/mol. The summed E-state index contributed by atoms with van der Waals surface area (Å²) in [6.45, 7) is 1.76. The van der Waals surface area contributed by atoms with Gasteiger partial charge in [-0.3, -0.25) is 19.8 Å².